The van der Waals surface area contributed by atoms with Gasteiger partial charge in [0.1, 0.15) is 17.5 Å². The lowest BCUT2D eigenvalue weighted by Gasteiger charge is -2.42. The number of halogens is 3. The van der Waals surface area contributed by atoms with Crippen LogP contribution in [0.25, 0.3) is 22.4 Å². The van der Waals surface area contributed by atoms with Crippen molar-refractivity contribution in [2.45, 2.75) is 37.9 Å². The number of H-pyrrole nitrogens is 1. The Morgan fingerprint density at radius 1 is 1.21 bits per heavy atom. The predicted octanol–water partition coefficient (Wildman–Crippen LogP) is 4.37. The molecule has 29 heavy (non-hydrogen) atoms. The van der Waals surface area contributed by atoms with Crippen molar-refractivity contribution in [2.75, 3.05) is 18.0 Å². The molecule has 1 saturated heterocycles. The number of nitrogens with one attached hydrogen (secondary N) is 1. The van der Waals surface area contributed by atoms with E-state index in [4.69, 9.17) is 28.9 Å². The standard InChI is InChI=1S/C20H21Cl2FN6/c21-12-3-1-2-11(15(12)22)16-17-19(28-27-16)26-14(10-25-17)29-8-6-20(7-9-29)5-4-13(23)18(20)24/h1-3,10,13,18H,4-9,24H2,(H,26,27,28)/t13-,18?/m1/s1. The van der Waals surface area contributed by atoms with E-state index >= 15 is 0 Å². The first-order valence-electron chi connectivity index (χ1n) is 9.79. The zero-order chi connectivity index (χ0) is 20.2. The summed E-state index contributed by atoms with van der Waals surface area (Å²) in [7, 11) is 0. The highest BCUT2D eigenvalue weighted by Crippen LogP contribution is 2.47. The predicted molar refractivity (Wildman–Crippen MR) is 113 cm³/mol. The third kappa shape index (κ3) is 3.07. The molecule has 3 N–H and O–H groups in total. The van der Waals surface area contributed by atoms with Crippen molar-refractivity contribution < 1.29 is 4.39 Å². The minimum Gasteiger partial charge on any atom is -0.355 e. The Labute approximate surface area is 177 Å². The number of rotatable bonds is 2. The second-order valence-corrected chi connectivity index (χ2v) is 8.82. The molecule has 3 heterocycles. The minimum atomic E-state index is -0.876. The summed E-state index contributed by atoms with van der Waals surface area (Å²) in [6.45, 7) is 1.58. The van der Waals surface area contributed by atoms with Gasteiger partial charge >= 0.3 is 0 Å². The molecule has 0 bridgehead atoms. The summed E-state index contributed by atoms with van der Waals surface area (Å²) in [4.78, 5) is 11.5. The van der Waals surface area contributed by atoms with E-state index < -0.39 is 6.17 Å². The molecule has 0 radical (unpaired) electrons. The fourth-order valence-corrected chi connectivity index (χ4v) is 5.14. The number of aromatic amines is 1. The van der Waals surface area contributed by atoms with Crippen LogP contribution >= 0.6 is 23.2 Å². The first kappa shape index (κ1) is 19.0. The van der Waals surface area contributed by atoms with E-state index in [1.807, 2.05) is 12.1 Å². The molecule has 6 nitrogen and oxygen atoms in total. The van der Waals surface area contributed by atoms with Crippen LogP contribution in [-0.2, 0) is 0 Å². The Kier molecular flexibility index (Phi) is 4.64. The number of fused-ring (bicyclic) bond motifs is 1. The highest BCUT2D eigenvalue weighted by Gasteiger charge is 2.48. The molecule has 2 atom stereocenters. The Morgan fingerprint density at radius 2 is 2.00 bits per heavy atom. The summed E-state index contributed by atoms with van der Waals surface area (Å²) in [5.41, 5.74) is 8.69. The van der Waals surface area contributed by atoms with Crippen LogP contribution in [0.3, 0.4) is 0 Å². The van der Waals surface area contributed by atoms with Gasteiger partial charge in [-0.3, -0.25) is 5.10 Å². The molecule has 1 spiro atoms. The third-order valence-electron chi connectivity index (χ3n) is 6.57. The fourth-order valence-electron chi connectivity index (χ4n) is 4.74. The van der Waals surface area contributed by atoms with E-state index in [1.54, 1.807) is 12.3 Å². The summed E-state index contributed by atoms with van der Waals surface area (Å²) < 4.78 is 13.9. The van der Waals surface area contributed by atoms with E-state index in [2.05, 4.69) is 25.1 Å². The second-order valence-electron chi connectivity index (χ2n) is 8.03. The number of hydrogen-bond acceptors (Lipinski definition) is 5. The van der Waals surface area contributed by atoms with Gasteiger partial charge in [0.2, 0.25) is 5.65 Å². The first-order valence-corrected chi connectivity index (χ1v) is 10.5. The Morgan fingerprint density at radius 3 is 2.72 bits per heavy atom. The zero-order valence-corrected chi connectivity index (χ0v) is 17.2. The van der Waals surface area contributed by atoms with Gasteiger partial charge in [0.15, 0.2) is 0 Å². The van der Waals surface area contributed by atoms with Crippen molar-refractivity contribution in [2.24, 2.45) is 11.1 Å². The molecular formula is C20H21Cl2FN6. The Bertz CT molecular complexity index is 1060. The maximum atomic E-state index is 13.9. The number of hydrogen-bond donors (Lipinski definition) is 2. The number of benzene rings is 1. The molecule has 152 valence electrons. The molecule has 9 heteroatoms. The lowest BCUT2D eigenvalue weighted by atomic mass is 9.74. The van der Waals surface area contributed by atoms with E-state index in [0.29, 0.717) is 33.3 Å². The molecule has 0 amide bonds. The number of nitrogens with two attached hydrogens (primary N) is 1. The maximum Gasteiger partial charge on any atom is 0.202 e. The van der Waals surface area contributed by atoms with Crippen LogP contribution in [0.5, 0.6) is 0 Å². The van der Waals surface area contributed by atoms with Gasteiger partial charge in [-0.15, -0.1) is 0 Å². The van der Waals surface area contributed by atoms with Crippen molar-refractivity contribution in [3.8, 4) is 11.3 Å². The largest absolute Gasteiger partial charge is 0.355 e. The quantitative estimate of drug-likeness (QED) is 0.625. The number of piperidine rings is 1. The Balaban J connectivity index is 1.40. The van der Waals surface area contributed by atoms with E-state index in [1.165, 1.54) is 0 Å². The van der Waals surface area contributed by atoms with Crippen molar-refractivity contribution in [3.05, 3.63) is 34.4 Å². The molecular weight excluding hydrogens is 414 g/mol. The number of nitrogens with zero attached hydrogens (tertiary/aromatic N) is 4. The minimum absolute atomic E-state index is 0.0731. The van der Waals surface area contributed by atoms with E-state index in [9.17, 15) is 4.39 Å². The normalized spacial score (nSPS) is 23.9. The summed E-state index contributed by atoms with van der Waals surface area (Å²) in [6, 6.07) is 5.08. The molecule has 5 rings (SSSR count). The molecule has 1 unspecified atom stereocenters. The van der Waals surface area contributed by atoms with Crippen LogP contribution in [0.15, 0.2) is 24.4 Å². The van der Waals surface area contributed by atoms with E-state index in [-0.39, 0.29) is 11.5 Å². The van der Waals surface area contributed by atoms with E-state index in [0.717, 1.165) is 43.7 Å². The third-order valence-corrected chi connectivity index (χ3v) is 7.39. The molecule has 2 fully saturated rings. The SMILES string of the molecule is NC1[C@H](F)CCC12CCN(c1cnc3c(-c4cccc(Cl)c4Cl)[nH]nc3n1)CC2. The monoisotopic (exact) mass is 434 g/mol. The lowest BCUT2D eigenvalue weighted by molar-refractivity contribution is 0.167. The maximum absolute atomic E-state index is 13.9. The van der Waals surface area contributed by atoms with Crippen LogP contribution in [0.1, 0.15) is 25.7 Å². The number of alkyl halides is 1. The van der Waals surface area contributed by atoms with Crippen LogP contribution in [0.2, 0.25) is 10.0 Å². The molecule has 1 saturated carbocycles. The van der Waals surface area contributed by atoms with Crippen LogP contribution in [0, 0.1) is 5.41 Å². The van der Waals surface area contributed by atoms with Gasteiger partial charge in [0.05, 0.1) is 21.9 Å². The average molecular weight is 435 g/mol. The van der Waals surface area contributed by atoms with Crippen LogP contribution in [0.4, 0.5) is 10.2 Å². The highest BCUT2D eigenvalue weighted by atomic mass is 35.5. The van der Waals surface area contributed by atoms with Gasteiger partial charge in [-0.05, 0) is 37.2 Å². The van der Waals surface area contributed by atoms with Crippen LogP contribution in [-0.4, -0.2) is 45.5 Å². The van der Waals surface area contributed by atoms with Crippen LogP contribution < -0.4 is 10.6 Å². The van der Waals surface area contributed by atoms with Gasteiger partial charge in [-0.25, -0.2) is 14.4 Å². The lowest BCUT2D eigenvalue weighted by Crippen LogP contribution is -2.49. The van der Waals surface area contributed by atoms with Crippen molar-refractivity contribution in [1.82, 2.24) is 20.2 Å². The highest BCUT2D eigenvalue weighted by molar-refractivity contribution is 6.43. The summed E-state index contributed by atoms with van der Waals surface area (Å²) in [6.07, 6.45) is 4.07. The average Bonchev–Trinajstić information content (AvgIpc) is 3.27. The number of aromatic nitrogens is 4. The first-order chi connectivity index (χ1) is 14.0. The topological polar surface area (TPSA) is 83.7 Å². The molecule has 2 aromatic heterocycles. The van der Waals surface area contributed by atoms with Gasteiger partial charge in [-0.2, -0.15) is 5.10 Å². The molecule has 1 aliphatic heterocycles. The van der Waals surface area contributed by atoms with Crippen molar-refractivity contribution >= 4 is 40.2 Å². The van der Waals surface area contributed by atoms with Crippen molar-refractivity contribution in [1.29, 1.82) is 0 Å². The van der Waals surface area contributed by atoms with Gasteiger partial charge in [-0.1, -0.05) is 35.3 Å². The van der Waals surface area contributed by atoms with Crippen molar-refractivity contribution in [3.63, 3.8) is 0 Å². The molecule has 2 aliphatic rings. The molecule has 1 aliphatic carbocycles. The smallest absolute Gasteiger partial charge is 0.202 e. The van der Waals surface area contributed by atoms with Gasteiger partial charge < -0.3 is 10.6 Å². The molecule has 1 aromatic carbocycles. The number of anilines is 1. The zero-order valence-electron chi connectivity index (χ0n) is 15.7. The van der Waals surface area contributed by atoms with Gasteiger partial charge in [0.25, 0.3) is 0 Å². The van der Waals surface area contributed by atoms with Gasteiger partial charge in [0, 0.05) is 24.7 Å². The molecule has 3 aromatic rings. The second kappa shape index (κ2) is 7.07. The Hall–Kier alpha value is -1.96. The summed E-state index contributed by atoms with van der Waals surface area (Å²) in [5, 5.41) is 8.22. The summed E-state index contributed by atoms with van der Waals surface area (Å²) in [5.74, 6) is 0.769. The fraction of sp³-hybridized carbons (Fsp3) is 0.450. The summed E-state index contributed by atoms with van der Waals surface area (Å²) >= 11 is 12.5.